The van der Waals surface area contributed by atoms with Crippen molar-refractivity contribution in [3.8, 4) is 0 Å². The first-order valence-electron chi connectivity index (χ1n) is 10.9. The summed E-state index contributed by atoms with van der Waals surface area (Å²) in [6.07, 6.45) is -0.0864. The third kappa shape index (κ3) is 10.0. The summed E-state index contributed by atoms with van der Waals surface area (Å²) < 4.78 is 14.9. The molecule has 0 spiro atoms. The molecule has 0 aliphatic heterocycles. The fourth-order valence-electron chi connectivity index (χ4n) is 4.32. The predicted octanol–water partition coefficient (Wildman–Crippen LogP) is 2.19. The van der Waals surface area contributed by atoms with Crippen LogP contribution in [0.15, 0.2) is 0 Å². The van der Waals surface area contributed by atoms with Gasteiger partial charge in [0.25, 0.3) is 0 Å². The van der Waals surface area contributed by atoms with E-state index in [0.717, 1.165) is 0 Å². The maximum absolute atomic E-state index is 13.3. The van der Waals surface area contributed by atoms with Crippen molar-refractivity contribution in [3.05, 3.63) is 0 Å². The number of hydrogen-bond donors (Lipinski definition) is 6. The van der Waals surface area contributed by atoms with Gasteiger partial charge in [0.2, 0.25) is 0 Å². The minimum Gasteiger partial charge on any atom is -0.392 e. The molecule has 36 heavy (non-hydrogen) atoms. The molecule has 3 atom stereocenters. The highest BCUT2D eigenvalue weighted by Crippen LogP contribution is 2.52. The van der Waals surface area contributed by atoms with E-state index in [-0.39, 0.29) is 42.9 Å². The number of hydrogen-bond acceptors (Lipinski definition) is 15. The standard InChI is InChI=1S/C21H32O9S6/c1-2-21(12(3-6-31)18(25)28-15(22)9-34,13(4-7-32)19(26)29-16(23)10-35)14(5-8-33)20(27)30-17(24)11-36/h12-14,31-36H,2-11H2,1H3. The SMILES string of the molecule is CCC(C(CCS)C(=O)OC(=O)CS)(C(CCS)C(=O)OC(=O)CS)C(CCS)C(=O)OC(=O)CS. The first-order chi connectivity index (χ1) is 17.0. The van der Waals surface area contributed by atoms with Crippen LogP contribution >= 0.6 is 75.8 Å². The van der Waals surface area contributed by atoms with Crippen LogP contribution in [0.4, 0.5) is 0 Å². The predicted molar refractivity (Wildman–Crippen MR) is 153 cm³/mol. The third-order valence-electron chi connectivity index (χ3n) is 5.70. The molecule has 0 heterocycles. The van der Waals surface area contributed by atoms with E-state index >= 15 is 0 Å². The van der Waals surface area contributed by atoms with Crippen molar-refractivity contribution in [3.63, 3.8) is 0 Å². The number of esters is 6. The van der Waals surface area contributed by atoms with Gasteiger partial charge < -0.3 is 14.2 Å². The molecule has 0 N–H and O–H groups in total. The van der Waals surface area contributed by atoms with Crippen molar-refractivity contribution in [1.29, 1.82) is 0 Å². The first-order valence-corrected chi connectivity index (χ1v) is 14.7. The third-order valence-corrected chi connectivity index (χ3v) is 7.25. The lowest BCUT2D eigenvalue weighted by atomic mass is 9.55. The van der Waals surface area contributed by atoms with E-state index in [0.29, 0.717) is 0 Å². The molecular formula is C21H32O9S6. The molecule has 0 aromatic carbocycles. The highest BCUT2D eigenvalue weighted by molar-refractivity contribution is 7.81. The monoisotopic (exact) mass is 620 g/mol. The Balaban J connectivity index is 7.22. The van der Waals surface area contributed by atoms with Gasteiger partial charge in [-0.05, 0) is 42.9 Å². The molecule has 0 aliphatic carbocycles. The smallest absolute Gasteiger partial charge is 0.323 e. The second-order valence-electron chi connectivity index (χ2n) is 7.51. The summed E-state index contributed by atoms with van der Waals surface area (Å²) in [6.45, 7) is 1.62. The van der Waals surface area contributed by atoms with Crippen LogP contribution < -0.4 is 0 Å². The van der Waals surface area contributed by atoms with Gasteiger partial charge in [-0.1, -0.05) is 6.92 Å². The van der Waals surface area contributed by atoms with Crippen molar-refractivity contribution in [2.45, 2.75) is 32.6 Å². The molecule has 0 rings (SSSR count). The highest BCUT2D eigenvalue weighted by Gasteiger charge is 2.58. The van der Waals surface area contributed by atoms with Gasteiger partial charge in [0.15, 0.2) is 0 Å². The summed E-state index contributed by atoms with van der Waals surface area (Å²) in [6, 6.07) is 0. The Morgan fingerprint density at radius 1 is 0.556 bits per heavy atom. The molecule has 0 amide bonds. The van der Waals surface area contributed by atoms with Crippen molar-refractivity contribution >= 4 is 112 Å². The topological polar surface area (TPSA) is 130 Å². The van der Waals surface area contributed by atoms with Crippen molar-refractivity contribution < 1.29 is 43.0 Å². The van der Waals surface area contributed by atoms with Crippen LogP contribution in [-0.4, -0.2) is 70.3 Å². The molecular weight excluding hydrogens is 589 g/mol. The van der Waals surface area contributed by atoms with E-state index in [1.165, 1.54) is 0 Å². The Morgan fingerprint density at radius 2 is 0.806 bits per heavy atom. The Labute approximate surface area is 243 Å². The van der Waals surface area contributed by atoms with Crippen LogP contribution in [0.1, 0.15) is 32.6 Å². The van der Waals surface area contributed by atoms with E-state index in [9.17, 15) is 28.8 Å². The molecule has 0 saturated carbocycles. The molecule has 3 unspecified atom stereocenters. The number of carbonyl (C=O) groups excluding carboxylic acids is 6. The second kappa shape index (κ2) is 18.7. The number of rotatable bonds is 16. The van der Waals surface area contributed by atoms with Crippen molar-refractivity contribution in [2.75, 3.05) is 34.5 Å². The molecule has 0 bridgehead atoms. The quantitative estimate of drug-likeness (QED) is 0.0666. The zero-order valence-corrected chi connectivity index (χ0v) is 25.0. The summed E-state index contributed by atoms with van der Waals surface area (Å²) >= 11 is 24.1. The number of thiol groups is 6. The van der Waals surface area contributed by atoms with E-state index in [1.54, 1.807) is 6.92 Å². The summed E-state index contributed by atoms with van der Waals surface area (Å²) in [5.41, 5.74) is -1.63. The van der Waals surface area contributed by atoms with Crippen LogP contribution in [0.5, 0.6) is 0 Å². The minimum atomic E-state index is -1.63. The van der Waals surface area contributed by atoms with Crippen LogP contribution in [0.2, 0.25) is 0 Å². The van der Waals surface area contributed by atoms with Gasteiger partial charge in [-0.3, -0.25) is 28.8 Å². The van der Waals surface area contributed by atoms with Gasteiger partial charge in [-0.15, -0.1) is 0 Å². The number of ether oxygens (including phenoxy) is 3. The average molecular weight is 621 g/mol. The summed E-state index contributed by atoms with van der Waals surface area (Å²) in [5.74, 6) is -10.5. The molecule has 15 heteroatoms. The Bertz CT molecular complexity index is 694. The minimum absolute atomic E-state index is 0.0131. The highest BCUT2D eigenvalue weighted by atomic mass is 32.1. The molecule has 0 saturated heterocycles. The summed E-state index contributed by atoms with van der Waals surface area (Å²) in [5, 5.41) is 0. The molecule has 0 fully saturated rings. The van der Waals surface area contributed by atoms with Crippen LogP contribution in [-0.2, 0) is 43.0 Å². The van der Waals surface area contributed by atoms with Gasteiger partial charge in [0, 0.05) is 5.41 Å². The Hall–Kier alpha value is -0.480. The first kappa shape index (κ1) is 35.5. The average Bonchev–Trinajstić information content (AvgIpc) is 2.86. The van der Waals surface area contributed by atoms with Crippen molar-refractivity contribution in [1.82, 2.24) is 0 Å². The summed E-state index contributed by atoms with van der Waals surface area (Å²) in [4.78, 5) is 75.7. The molecule has 0 aromatic heterocycles. The normalized spacial score (nSPS) is 15.1. The Kier molecular flexibility index (Phi) is 18.5. The second-order valence-corrected chi connectivity index (χ2v) is 9.80. The lowest BCUT2D eigenvalue weighted by Crippen LogP contribution is -2.54. The lowest BCUT2D eigenvalue weighted by Gasteiger charge is -2.47. The van der Waals surface area contributed by atoms with Gasteiger partial charge in [0.1, 0.15) is 0 Å². The Morgan fingerprint density at radius 3 is 0.972 bits per heavy atom. The molecule has 0 aliphatic rings. The van der Waals surface area contributed by atoms with Gasteiger partial charge in [-0.25, -0.2) is 0 Å². The zero-order valence-electron chi connectivity index (χ0n) is 19.7. The van der Waals surface area contributed by atoms with Crippen LogP contribution in [0, 0.1) is 23.2 Å². The number of carbonyl (C=O) groups is 6. The zero-order chi connectivity index (χ0) is 27.9. The molecule has 9 nitrogen and oxygen atoms in total. The van der Waals surface area contributed by atoms with Crippen LogP contribution in [0.25, 0.3) is 0 Å². The lowest BCUT2D eigenvalue weighted by molar-refractivity contribution is -0.180. The summed E-state index contributed by atoms with van der Waals surface area (Å²) in [7, 11) is 0. The van der Waals surface area contributed by atoms with E-state index < -0.39 is 76.2 Å². The van der Waals surface area contributed by atoms with Gasteiger partial charge >= 0.3 is 35.8 Å². The molecule has 206 valence electrons. The fourth-order valence-corrected chi connectivity index (χ4v) is 5.29. The fraction of sp³-hybridized carbons (Fsp3) is 0.714. The van der Waals surface area contributed by atoms with Crippen molar-refractivity contribution in [2.24, 2.45) is 23.2 Å². The molecule has 0 aromatic rings. The van der Waals surface area contributed by atoms with E-state index in [1.807, 2.05) is 0 Å². The van der Waals surface area contributed by atoms with Crippen LogP contribution in [0.3, 0.4) is 0 Å². The maximum Gasteiger partial charge on any atom is 0.323 e. The van der Waals surface area contributed by atoms with E-state index in [4.69, 9.17) is 14.2 Å². The largest absolute Gasteiger partial charge is 0.392 e. The maximum atomic E-state index is 13.3. The molecule has 0 radical (unpaired) electrons. The van der Waals surface area contributed by atoms with Gasteiger partial charge in [-0.2, -0.15) is 75.8 Å². The van der Waals surface area contributed by atoms with Gasteiger partial charge in [0.05, 0.1) is 35.0 Å². The van der Waals surface area contributed by atoms with E-state index in [2.05, 4.69) is 75.8 Å².